The highest BCUT2D eigenvalue weighted by molar-refractivity contribution is 5.95. The minimum absolute atomic E-state index is 0.0248. The normalized spacial score (nSPS) is 18.4. The Kier molecular flexibility index (Phi) is 3.74. The van der Waals surface area contributed by atoms with E-state index in [2.05, 4.69) is 5.32 Å². The fraction of sp³-hybridized carbons (Fsp3) is 0.429. The molecule has 19 heavy (non-hydrogen) atoms. The van der Waals surface area contributed by atoms with E-state index in [1.54, 1.807) is 11.0 Å². The van der Waals surface area contributed by atoms with E-state index in [9.17, 15) is 9.59 Å². The third kappa shape index (κ3) is 3.24. The van der Waals surface area contributed by atoms with Gasteiger partial charge < -0.3 is 16.0 Å². The molecule has 1 atom stereocenters. The summed E-state index contributed by atoms with van der Waals surface area (Å²) >= 11 is 0. The van der Waals surface area contributed by atoms with E-state index in [4.69, 9.17) is 5.73 Å². The molecule has 0 bridgehead atoms. The number of rotatable bonds is 2. The van der Waals surface area contributed by atoms with Gasteiger partial charge in [0.05, 0.1) is 0 Å². The van der Waals surface area contributed by atoms with Crippen molar-refractivity contribution in [2.75, 3.05) is 18.8 Å². The average Bonchev–Trinajstić information content (AvgIpc) is 2.74. The van der Waals surface area contributed by atoms with Crippen molar-refractivity contribution in [2.45, 2.75) is 26.3 Å². The number of amides is 2. The standard InChI is InChI=1S/C14H19N3O2/c1-9-5-11(7-12(15)6-9)14(19)17-4-3-13(8-17)16-10(2)18/h5-7,13H,3-4,8,15H2,1-2H3,(H,16,18). The van der Waals surface area contributed by atoms with E-state index in [-0.39, 0.29) is 17.9 Å². The molecule has 1 fully saturated rings. The van der Waals surface area contributed by atoms with Gasteiger partial charge in [-0.2, -0.15) is 0 Å². The molecule has 1 aromatic carbocycles. The lowest BCUT2D eigenvalue weighted by Gasteiger charge is -2.17. The highest BCUT2D eigenvalue weighted by Crippen LogP contribution is 2.17. The number of aryl methyl sites for hydroxylation is 1. The summed E-state index contributed by atoms with van der Waals surface area (Å²) in [6.45, 7) is 4.63. The van der Waals surface area contributed by atoms with E-state index >= 15 is 0 Å². The average molecular weight is 261 g/mol. The first kappa shape index (κ1) is 13.4. The van der Waals surface area contributed by atoms with E-state index in [0.717, 1.165) is 12.0 Å². The molecule has 0 radical (unpaired) electrons. The van der Waals surface area contributed by atoms with Crippen molar-refractivity contribution < 1.29 is 9.59 Å². The van der Waals surface area contributed by atoms with Crippen LogP contribution in [-0.4, -0.2) is 35.8 Å². The van der Waals surface area contributed by atoms with Crippen molar-refractivity contribution in [2.24, 2.45) is 0 Å². The zero-order chi connectivity index (χ0) is 14.0. The molecule has 0 saturated carbocycles. The predicted octanol–water partition coefficient (Wildman–Crippen LogP) is 0.928. The molecule has 1 aliphatic rings. The van der Waals surface area contributed by atoms with Gasteiger partial charge in [0, 0.05) is 37.3 Å². The summed E-state index contributed by atoms with van der Waals surface area (Å²) in [7, 11) is 0. The minimum Gasteiger partial charge on any atom is -0.399 e. The van der Waals surface area contributed by atoms with Crippen LogP contribution in [0.5, 0.6) is 0 Å². The quantitative estimate of drug-likeness (QED) is 0.778. The molecule has 2 amide bonds. The van der Waals surface area contributed by atoms with Crippen LogP contribution in [0, 0.1) is 6.92 Å². The number of benzene rings is 1. The number of nitrogen functional groups attached to an aromatic ring is 1. The highest BCUT2D eigenvalue weighted by atomic mass is 16.2. The maximum Gasteiger partial charge on any atom is 0.254 e. The number of hydrogen-bond donors (Lipinski definition) is 2. The van der Waals surface area contributed by atoms with E-state index in [1.165, 1.54) is 6.92 Å². The lowest BCUT2D eigenvalue weighted by atomic mass is 10.1. The Hall–Kier alpha value is -2.04. The molecule has 5 nitrogen and oxygen atoms in total. The predicted molar refractivity (Wildman–Crippen MR) is 73.7 cm³/mol. The number of anilines is 1. The third-order valence-electron chi connectivity index (χ3n) is 3.23. The molecule has 2 rings (SSSR count). The summed E-state index contributed by atoms with van der Waals surface area (Å²) in [6.07, 6.45) is 0.798. The first-order chi connectivity index (χ1) is 8.95. The van der Waals surface area contributed by atoms with Crippen molar-refractivity contribution in [3.63, 3.8) is 0 Å². The largest absolute Gasteiger partial charge is 0.399 e. The second-order valence-electron chi connectivity index (χ2n) is 5.07. The van der Waals surface area contributed by atoms with Crippen molar-refractivity contribution in [1.82, 2.24) is 10.2 Å². The van der Waals surface area contributed by atoms with Crippen LogP contribution in [-0.2, 0) is 4.79 Å². The van der Waals surface area contributed by atoms with Crippen LogP contribution in [0.1, 0.15) is 29.3 Å². The Labute approximate surface area is 112 Å². The number of carbonyl (C=O) groups is 2. The molecule has 3 N–H and O–H groups in total. The third-order valence-corrected chi connectivity index (χ3v) is 3.23. The van der Waals surface area contributed by atoms with Crippen molar-refractivity contribution in [3.8, 4) is 0 Å². The molecule has 0 spiro atoms. The molecule has 5 heteroatoms. The maximum absolute atomic E-state index is 12.3. The van der Waals surface area contributed by atoms with Gasteiger partial charge in [0.2, 0.25) is 5.91 Å². The van der Waals surface area contributed by atoms with Crippen LogP contribution in [0.2, 0.25) is 0 Å². The van der Waals surface area contributed by atoms with Crippen molar-refractivity contribution in [3.05, 3.63) is 29.3 Å². The number of likely N-dealkylation sites (tertiary alicyclic amines) is 1. The molecule has 102 valence electrons. The van der Waals surface area contributed by atoms with Crippen LogP contribution >= 0.6 is 0 Å². The molecule has 1 aromatic rings. The number of nitrogens with two attached hydrogens (primary N) is 1. The lowest BCUT2D eigenvalue weighted by molar-refractivity contribution is -0.119. The van der Waals surface area contributed by atoms with Crippen LogP contribution in [0.4, 0.5) is 5.69 Å². The SMILES string of the molecule is CC(=O)NC1CCN(C(=O)c2cc(C)cc(N)c2)C1. The van der Waals surface area contributed by atoms with Crippen LogP contribution < -0.4 is 11.1 Å². The zero-order valence-electron chi connectivity index (χ0n) is 11.3. The summed E-state index contributed by atoms with van der Waals surface area (Å²) in [5.74, 6) is -0.0812. The Balaban J connectivity index is 2.06. The minimum atomic E-state index is -0.0564. The fourth-order valence-corrected chi connectivity index (χ4v) is 2.47. The van der Waals surface area contributed by atoms with Gasteiger partial charge in [0.15, 0.2) is 0 Å². The van der Waals surface area contributed by atoms with Gasteiger partial charge in [0.1, 0.15) is 0 Å². The topological polar surface area (TPSA) is 75.4 Å². The van der Waals surface area contributed by atoms with Crippen LogP contribution in [0.25, 0.3) is 0 Å². The van der Waals surface area contributed by atoms with Crippen LogP contribution in [0.3, 0.4) is 0 Å². The Morgan fingerprint density at radius 3 is 2.74 bits per heavy atom. The van der Waals surface area contributed by atoms with Gasteiger partial charge >= 0.3 is 0 Å². The molecule has 1 saturated heterocycles. The number of hydrogen-bond acceptors (Lipinski definition) is 3. The molecule has 1 heterocycles. The van der Waals surface area contributed by atoms with Gasteiger partial charge in [-0.1, -0.05) is 0 Å². The Bertz CT molecular complexity index is 493. The molecule has 1 aliphatic heterocycles. The van der Waals surface area contributed by atoms with Gasteiger partial charge in [-0.25, -0.2) is 0 Å². The van der Waals surface area contributed by atoms with Gasteiger partial charge in [-0.3, -0.25) is 9.59 Å². The fourth-order valence-electron chi connectivity index (χ4n) is 2.47. The van der Waals surface area contributed by atoms with Gasteiger partial charge in [0.25, 0.3) is 5.91 Å². The Morgan fingerprint density at radius 1 is 1.37 bits per heavy atom. The molecule has 1 unspecified atom stereocenters. The van der Waals surface area contributed by atoms with Gasteiger partial charge in [-0.05, 0) is 37.1 Å². The van der Waals surface area contributed by atoms with Crippen molar-refractivity contribution in [1.29, 1.82) is 0 Å². The van der Waals surface area contributed by atoms with Gasteiger partial charge in [-0.15, -0.1) is 0 Å². The summed E-state index contributed by atoms with van der Waals surface area (Å²) < 4.78 is 0. The monoisotopic (exact) mass is 261 g/mol. The molecular weight excluding hydrogens is 242 g/mol. The summed E-state index contributed by atoms with van der Waals surface area (Å²) in [6, 6.07) is 5.43. The van der Waals surface area contributed by atoms with E-state index in [0.29, 0.717) is 24.3 Å². The van der Waals surface area contributed by atoms with Crippen LogP contribution in [0.15, 0.2) is 18.2 Å². The highest BCUT2D eigenvalue weighted by Gasteiger charge is 2.27. The van der Waals surface area contributed by atoms with Crippen molar-refractivity contribution >= 4 is 17.5 Å². The zero-order valence-corrected chi connectivity index (χ0v) is 11.3. The lowest BCUT2D eigenvalue weighted by Crippen LogP contribution is -2.37. The number of nitrogens with zero attached hydrogens (tertiary/aromatic N) is 1. The first-order valence-electron chi connectivity index (χ1n) is 6.39. The summed E-state index contributed by atoms with van der Waals surface area (Å²) in [5, 5.41) is 2.84. The summed E-state index contributed by atoms with van der Waals surface area (Å²) in [5.41, 5.74) is 7.94. The van der Waals surface area contributed by atoms with E-state index < -0.39 is 0 Å². The molecule has 0 aromatic heterocycles. The second kappa shape index (κ2) is 5.30. The number of carbonyl (C=O) groups excluding carboxylic acids is 2. The first-order valence-corrected chi connectivity index (χ1v) is 6.39. The van der Waals surface area contributed by atoms with E-state index in [1.807, 2.05) is 19.1 Å². The molecule has 0 aliphatic carbocycles. The number of nitrogens with one attached hydrogen (secondary N) is 1. The molecular formula is C14H19N3O2. The smallest absolute Gasteiger partial charge is 0.254 e. The Morgan fingerprint density at radius 2 is 2.11 bits per heavy atom. The second-order valence-corrected chi connectivity index (χ2v) is 5.07. The summed E-state index contributed by atoms with van der Waals surface area (Å²) in [4.78, 5) is 25.1. The maximum atomic E-state index is 12.3.